The van der Waals surface area contributed by atoms with Crippen LogP contribution < -0.4 is 0 Å². The van der Waals surface area contributed by atoms with Gasteiger partial charge in [0.2, 0.25) is 0 Å². The first kappa shape index (κ1) is 7.80. The molecule has 2 aliphatic rings. The van der Waals surface area contributed by atoms with Gasteiger partial charge in [-0.3, -0.25) is 4.79 Å². The normalized spacial score (nSPS) is 40.3. The van der Waals surface area contributed by atoms with Crippen LogP contribution in [0.4, 0.5) is 0 Å². The van der Waals surface area contributed by atoms with Gasteiger partial charge in [-0.1, -0.05) is 11.6 Å². The molecule has 0 saturated carbocycles. The fourth-order valence-corrected chi connectivity index (χ4v) is 1.96. The zero-order chi connectivity index (χ0) is 8.72. The summed E-state index contributed by atoms with van der Waals surface area (Å²) in [5, 5.41) is 9.56. The van der Waals surface area contributed by atoms with Gasteiger partial charge in [0, 0.05) is 12.3 Å². The minimum Gasteiger partial charge on any atom is -0.462 e. The highest BCUT2D eigenvalue weighted by molar-refractivity contribution is 5.72. The third-order valence-electron chi connectivity index (χ3n) is 2.58. The zero-order valence-electron chi connectivity index (χ0n) is 6.99. The van der Waals surface area contributed by atoms with Crippen LogP contribution >= 0.6 is 0 Å². The predicted octanol–water partition coefficient (Wildman–Crippen LogP) is 0.629. The standard InChI is InChI=1S/C9H12O3/c1-5-2-7(10)6-4-9(11)12-8(6)3-5/h2,6-8,10H,3-4H2,1H3/t6-,7-,8+/m1/s1. The number of fused-ring (bicyclic) bond motifs is 1. The van der Waals surface area contributed by atoms with Gasteiger partial charge >= 0.3 is 5.97 Å². The fourth-order valence-electron chi connectivity index (χ4n) is 1.96. The fraction of sp³-hybridized carbons (Fsp3) is 0.667. The van der Waals surface area contributed by atoms with Crippen LogP contribution in [0.1, 0.15) is 19.8 Å². The number of aliphatic hydroxyl groups is 1. The Balaban J connectivity index is 2.20. The van der Waals surface area contributed by atoms with Crippen molar-refractivity contribution < 1.29 is 14.6 Å². The highest BCUT2D eigenvalue weighted by atomic mass is 16.6. The quantitative estimate of drug-likeness (QED) is 0.426. The summed E-state index contributed by atoms with van der Waals surface area (Å²) in [7, 11) is 0. The van der Waals surface area contributed by atoms with Crippen LogP contribution in [0.5, 0.6) is 0 Å². The summed E-state index contributed by atoms with van der Waals surface area (Å²) in [6, 6.07) is 0. The topological polar surface area (TPSA) is 46.5 Å². The molecule has 2 rings (SSSR count). The Labute approximate surface area is 71.0 Å². The molecular formula is C9H12O3. The van der Waals surface area contributed by atoms with E-state index in [1.165, 1.54) is 0 Å². The number of carbonyl (C=O) groups excluding carboxylic acids is 1. The maximum absolute atomic E-state index is 10.9. The van der Waals surface area contributed by atoms with E-state index in [9.17, 15) is 9.90 Å². The van der Waals surface area contributed by atoms with Crippen LogP contribution in [0.2, 0.25) is 0 Å². The van der Waals surface area contributed by atoms with E-state index in [-0.39, 0.29) is 18.0 Å². The van der Waals surface area contributed by atoms with Crippen molar-refractivity contribution in [3.05, 3.63) is 11.6 Å². The molecule has 0 bridgehead atoms. The summed E-state index contributed by atoms with van der Waals surface area (Å²) < 4.78 is 5.07. The predicted molar refractivity (Wildman–Crippen MR) is 42.4 cm³/mol. The number of esters is 1. The highest BCUT2D eigenvalue weighted by Gasteiger charge is 2.40. The summed E-state index contributed by atoms with van der Waals surface area (Å²) in [5.74, 6) is -0.173. The van der Waals surface area contributed by atoms with Crippen LogP contribution in [0.15, 0.2) is 11.6 Å². The van der Waals surface area contributed by atoms with Crippen LogP contribution in [-0.2, 0) is 9.53 Å². The Kier molecular flexibility index (Phi) is 1.68. The molecule has 1 aliphatic carbocycles. The molecular weight excluding hydrogens is 156 g/mol. The highest BCUT2D eigenvalue weighted by Crippen LogP contribution is 2.34. The molecule has 66 valence electrons. The van der Waals surface area contributed by atoms with Crippen molar-refractivity contribution in [2.45, 2.75) is 32.0 Å². The second kappa shape index (κ2) is 2.59. The molecule has 3 atom stereocenters. The molecule has 1 aliphatic heterocycles. The summed E-state index contributed by atoms with van der Waals surface area (Å²) >= 11 is 0. The zero-order valence-corrected chi connectivity index (χ0v) is 6.99. The maximum atomic E-state index is 10.9. The Hall–Kier alpha value is -0.830. The molecule has 1 N–H and O–H groups in total. The molecule has 0 radical (unpaired) electrons. The SMILES string of the molecule is CC1=C[C@@H](O)[C@H]2CC(=O)O[C@H]2C1. The summed E-state index contributed by atoms with van der Waals surface area (Å²) in [6.45, 7) is 1.95. The molecule has 1 saturated heterocycles. The van der Waals surface area contributed by atoms with Crippen molar-refractivity contribution in [2.75, 3.05) is 0 Å². The summed E-state index contributed by atoms with van der Waals surface area (Å²) in [5.41, 5.74) is 1.11. The molecule has 0 unspecified atom stereocenters. The lowest BCUT2D eigenvalue weighted by molar-refractivity contribution is -0.141. The van der Waals surface area contributed by atoms with Crippen molar-refractivity contribution >= 4 is 5.97 Å². The third kappa shape index (κ3) is 1.14. The van der Waals surface area contributed by atoms with E-state index < -0.39 is 6.10 Å². The van der Waals surface area contributed by atoms with Crippen LogP contribution in [0, 0.1) is 5.92 Å². The second-order valence-electron chi connectivity index (χ2n) is 3.60. The Morgan fingerprint density at radius 3 is 3.08 bits per heavy atom. The lowest BCUT2D eigenvalue weighted by Crippen LogP contribution is -2.30. The minimum atomic E-state index is -0.491. The molecule has 0 spiro atoms. The van der Waals surface area contributed by atoms with Gasteiger partial charge < -0.3 is 9.84 Å². The van der Waals surface area contributed by atoms with Gasteiger partial charge in [0.25, 0.3) is 0 Å². The van der Waals surface area contributed by atoms with Crippen molar-refractivity contribution in [3.63, 3.8) is 0 Å². The van der Waals surface area contributed by atoms with E-state index in [1.807, 2.05) is 13.0 Å². The minimum absolute atomic E-state index is 0.00111. The number of hydrogen-bond donors (Lipinski definition) is 1. The first-order valence-electron chi connectivity index (χ1n) is 4.21. The third-order valence-corrected chi connectivity index (χ3v) is 2.58. The molecule has 0 amide bonds. The molecule has 12 heavy (non-hydrogen) atoms. The molecule has 0 aromatic heterocycles. The van der Waals surface area contributed by atoms with Gasteiger partial charge in [-0.05, 0) is 6.92 Å². The maximum Gasteiger partial charge on any atom is 0.306 e. The lowest BCUT2D eigenvalue weighted by atomic mass is 9.85. The van der Waals surface area contributed by atoms with Crippen molar-refractivity contribution in [1.82, 2.24) is 0 Å². The van der Waals surface area contributed by atoms with Gasteiger partial charge in [0.05, 0.1) is 12.5 Å². The molecule has 3 heteroatoms. The van der Waals surface area contributed by atoms with Crippen molar-refractivity contribution in [3.8, 4) is 0 Å². The average molecular weight is 168 g/mol. The molecule has 1 fully saturated rings. The van der Waals surface area contributed by atoms with E-state index in [1.54, 1.807) is 0 Å². The van der Waals surface area contributed by atoms with E-state index in [2.05, 4.69) is 0 Å². The van der Waals surface area contributed by atoms with Crippen LogP contribution in [0.3, 0.4) is 0 Å². The average Bonchev–Trinajstić information content (AvgIpc) is 2.29. The molecule has 0 aromatic carbocycles. The van der Waals surface area contributed by atoms with E-state index in [0.29, 0.717) is 6.42 Å². The van der Waals surface area contributed by atoms with Crippen LogP contribution in [-0.4, -0.2) is 23.3 Å². The molecule has 1 heterocycles. The summed E-state index contributed by atoms with van der Waals surface area (Å²) in [4.78, 5) is 10.9. The number of ether oxygens (including phenoxy) is 1. The molecule has 3 nitrogen and oxygen atoms in total. The van der Waals surface area contributed by atoms with Crippen LogP contribution in [0.25, 0.3) is 0 Å². The van der Waals surface area contributed by atoms with Gasteiger partial charge in [-0.15, -0.1) is 0 Å². The Bertz CT molecular complexity index is 244. The molecule has 0 aromatic rings. The lowest BCUT2D eigenvalue weighted by Gasteiger charge is -2.25. The largest absolute Gasteiger partial charge is 0.462 e. The van der Waals surface area contributed by atoms with Gasteiger partial charge in [-0.2, -0.15) is 0 Å². The number of aliphatic hydroxyl groups excluding tert-OH is 1. The van der Waals surface area contributed by atoms with Crippen molar-refractivity contribution in [2.24, 2.45) is 5.92 Å². The smallest absolute Gasteiger partial charge is 0.306 e. The van der Waals surface area contributed by atoms with Gasteiger partial charge in [0.1, 0.15) is 6.10 Å². The van der Waals surface area contributed by atoms with E-state index >= 15 is 0 Å². The Morgan fingerprint density at radius 1 is 1.58 bits per heavy atom. The van der Waals surface area contributed by atoms with Gasteiger partial charge in [0.15, 0.2) is 0 Å². The van der Waals surface area contributed by atoms with Gasteiger partial charge in [-0.25, -0.2) is 0 Å². The number of carbonyl (C=O) groups is 1. The number of hydrogen-bond acceptors (Lipinski definition) is 3. The number of rotatable bonds is 0. The first-order valence-corrected chi connectivity index (χ1v) is 4.21. The Morgan fingerprint density at radius 2 is 2.33 bits per heavy atom. The summed E-state index contributed by atoms with van der Waals surface area (Å²) in [6.07, 6.45) is 2.42. The monoisotopic (exact) mass is 168 g/mol. The van der Waals surface area contributed by atoms with E-state index in [4.69, 9.17) is 4.74 Å². The second-order valence-corrected chi connectivity index (χ2v) is 3.60. The van der Waals surface area contributed by atoms with E-state index in [0.717, 1.165) is 12.0 Å². The first-order chi connectivity index (χ1) is 5.66. The van der Waals surface area contributed by atoms with Crippen molar-refractivity contribution in [1.29, 1.82) is 0 Å².